The topological polar surface area (TPSA) is 71.0 Å². The van der Waals surface area contributed by atoms with E-state index in [2.05, 4.69) is 34.1 Å². The van der Waals surface area contributed by atoms with Gasteiger partial charge in [0.05, 0.1) is 11.2 Å². The summed E-state index contributed by atoms with van der Waals surface area (Å²) < 4.78 is 0. The highest BCUT2D eigenvalue weighted by Gasteiger charge is 2.16. The van der Waals surface area contributed by atoms with Crippen molar-refractivity contribution in [3.05, 3.63) is 54.5 Å². The molecule has 0 unspecified atom stereocenters. The fourth-order valence-electron chi connectivity index (χ4n) is 2.88. The monoisotopic (exact) mass is 349 g/mol. The third-order valence-electron chi connectivity index (χ3n) is 4.03. The lowest BCUT2D eigenvalue weighted by Crippen LogP contribution is -2.33. The van der Waals surface area contributed by atoms with Crippen molar-refractivity contribution in [3.63, 3.8) is 0 Å². The molecule has 1 amide bonds. The van der Waals surface area contributed by atoms with Gasteiger partial charge in [0, 0.05) is 30.9 Å². The van der Waals surface area contributed by atoms with Gasteiger partial charge in [-0.2, -0.15) is 0 Å². The van der Waals surface area contributed by atoms with E-state index < -0.39 is 0 Å². The molecule has 2 aromatic heterocycles. The van der Waals surface area contributed by atoms with Crippen molar-refractivity contribution >= 4 is 28.4 Å². The van der Waals surface area contributed by atoms with Crippen LogP contribution in [0.5, 0.6) is 0 Å². The molecule has 0 radical (unpaired) electrons. The number of hydrogen-bond donors (Lipinski definition) is 1. The first-order chi connectivity index (χ1) is 12.7. The van der Waals surface area contributed by atoms with Crippen molar-refractivity contribution < 1.29 is 4.79 Å². The highest BCUT2D eigenvalue weighted by molar-refractivity contribution is 5.93. The SMILES string of the molecule is CCCN(CCC)C(=O)c1ccnc(Nc2cccc3cccnc23)n1. The number of para-hydroxylation sites is 1. The molecule has 0 aliphatic heterocycles. The summed E-state index contributed by atoms with van der Waals surface area (Å²) in [6.07, 6.45) is 5.20. The summed E-state index contributed by atoms with van der Waals surface area (Å²) in [7, 11) is 0. The molecule has 6 nitrogen and oxygen atoms in total. The number of anilines is 2. The maximum atomic E-state index is 12.7. The molecule has 3 aromatic rings. The van der Waals surface area contributed by atoms with E-state index >= 15 is 0 Å². The molecule has 6 heteroatoms. The maximum Gasteiger partial charge on any atom is 0.272 e. The van der Waals surface area contributed by atoms with Gasteiger partial charge in [-0.05, 0) is 31.0 Å². The van der Waals surface area contributed by atoms with Crippen molar-refractivity contribution in [2.24, 2.45) is 0 Å². The fourth-order valence-corrected chi connectivity index (χ4v) is 2.88. The molecular weight excluding hydrogens is 326 g/mol. The number of carbonyl (C=O) groups is 1. The number of rotatable bonds is 7. The zero-order valence-electron chi connectivity index (χ0n) is 15.1. The number of amides is 1. The standard InChI is InChI=1S/C20H23N5O/c1-3-13-25(14-4-2)19(26)17-10-12-22-20(24-17)23-16-9-5-7-15-8-6-11-21-18(15)16/h5-12H,3-4,13-14H2,1-2H3,(H,22,23,24). The predicted octanol–water partition coefficient (Wildman–Crippen LogP) is 4.03. The van der Waals surface area contributed by atoms with E-state index in [0.29, 0.717) is 11.6 Å². The van der Waals surface area contributed by atoms with Crippen molar-refractivity contribution in [2.75, 3.05) is 18.4 Å². The summed E-state index contributed by atoms with van der Waals surface area (Å²) in [5.74, 6) is 0.331. The summed E-state index contributed by atoms with van der Waals surface area (Å²) >= 11 is 0. The number of carbonyl (C=O) groups excluding carboxylic acids is 1. The highest BCUT2D eigenvalue weighted by atomic mass is 16.2. The van der Waals surface area contributed by atoms with Gasteiger partial charge in [0.2, 0.25) is 5.95 Å². The van der Waals surface area contributed by atoms with E-state index in [0.717, 1.165) is 42.5 Å². The highest BCUT2D eigenvalue weighted by Crippen LogP contribution is 2.23. The lowest BCUT2D eigenvalue weighted by atomic mass is 10.2. The summed E-state index contributed by atoms with van der Waals surface area (Å²) in [5, 5.41) is 4.22. The van der Waals surface area contributed by atoms with E-state index in [9.17, 15) is 4.79 Å². The van der Waals surface area contributed by atoms with Crippen LogP contribution in [-0.4, -0.2) is 38.8 Å². The van der Waals surface area contributed by atoms with Gasteiger partial charge in [-0.3, -0.25) is 9.78 Å². The molecule has 0 aliphatic rings. The normalized spacial score (nSPS) is 10.7. The minimum absolute atomic E-state index is 0.0600. The van der Waals surface area contributed by atoms with Gasteiger partial charge in [0.15, 0.2) is 0 Å². The molecule has 0 saturated carbocycles. The second-order valence-electron chi connectivity index (χ2n) is 6.06. The molecule has 0 saturated heterocycles. The quantitative estimate of drug-likeness (QED) is 0.697. The largest absolute Gasteiger partial charge is 0.337 e. The van der Waals surface area contributed by atoms with Crippen LogP contribution < -0.4 is 5.32 Å². The van der Waals surface area contributed by atoms with Gasteiger partial charge in [0.25, 0.3) is 5.91 Å². The molecule has 0 aliphatic carbocycles. The van der Waals surface area contributed by atoms with Crippen LogP contribution in [0.15, 0.2) is 48.8 Å². The fraction of sp³-hybridized carbons (Fsp3) is 0.300. The van der Waals surface area contributed by atoms with Gasteiger partial charge < -0.3 is 10.2 Å². The Bertz CT molecular complexity index is 885. The molecular formula is C20H23N5O. The van der Waals surface area contributed by atoms with Crippen molar-refractivity contribution in [2.45, 2.75) is 26.7 Å². The first-order valence-electron chi connectivity index (χ1n) is 8.96. The molecule has 1 aromatic carbocycles. The van der Waals surface area contributed by atoms with Crippen LogP contribution in [0, 0.1) is 0 Å². The second-order valence-corrected chi connectivity index (χ2v) is 6.06. The van der Waals surface area contributed by atoms with Crippen LogP contribution in [0.4, 0.5) is 11.6 Å². The van der Waals surface area contributed by atoms with Crippen molar-refractivity contribution in [1.29, 1.82) is 0 Å². The Hall–Kier alpha value is -3.02. The Morgan fingerprint density at radius 3 is 2.54 bits per heavy atom. The smallest absolute Gasteiger partial charge is 0.272 e. The molecule has 0 spiro atoms. The summed E-state index contributed by atoms with van der Waals surface area (Å²) in [6.45, 7) is 5.59. The number of nitrogens with one attached hydrogen (secondary N) is 1. The van der Waals surface area contributed by atoms with Crippen LogP contribution in [0.3, 0.4) is 0 Å². The Morgan fingerprint density at radius 1 is 1.00 bits per heavy atom. The van der Waals surface area contributed by atoms with E-state index in [1.807, 2.05) is 35.2 Å². The Kier molecular flexibility index (Phi) is 5.73. The van der Waals surface area contributed by atoms with Gasteiger partial charge in [0.1, 0.15) is 5.69 Å². The van der Waals surface area contributed by atoms with Crippen molar-refractivity contribution in [1.82, 2.24) is 19.9 Å². The lowest BCUT2D eigenvalue weighted by molar-refractivity contribution is 0.0749. The third-order valence-corrected chi connectivity index (χ3v) is 4.03. The zero-order valence-corrected chi connectivity index (χ0v) is 15.1. The third kappa shape index (κ3) is 3.96. The molecule has 1 N–H and O–H groups in total. The number of aromatic nitrogens is 3. The number of nitrogens with zero attached hydrogens (tertiary/aromatic N) is 4. The number of pyridine rings is 1. The molecule has 3 rings (SSSR count). The first-order valence-corrected chi connectivity index (χ1v) is 8.96. The van der Waals surface area contributed by atoms with Crippen LogP contribution in [0.1, 0.15) is 37.2 Å². The summed E-state index contributed by atoms with van der Waals surface area (Å²) in [4.78, 5) is 27.7. The van der Waals surface area contributed by atoms with Crippen LogP contribution >= 0.6 is 0 Å². The minimum Gasteiger partial charge on any atom is -0.337 e. The Morgan fingerprint density at radius 2 is 1.77 bits per heavy atom. The molecule has 26 heavy (non-hydrogen) atoms. The molecule has 0 atom stereocenters. The average Bonchev–Trinajstić information content (AvgIpc) is 2.68. The summed E-state index contributed by atoms with van der Waals surface area (Å²) in [6, 6.07) is 11.4. The lowest BCUT2D eigenvalue weighted by Gasteiger charge is -2.21. The van der Waals surface area contributed by atoms with Crippen molar-refractivity contribution in [3.8, 4) is 0 Å². The molecule has 0 bridgehead atoms. The van der Waals surface area contributed by atoms with Gasteiger partial charge in [-0.1, -0.05) is 32.0 Å². The first kappa shape index (κ1) is 17.8. The van der Waals surface area contributed by atoms with E-state index in [1.54, 1.807) is 18.5 Å². The number of benzene rings is 1. The zero-order chi connectivity index (χ0) is 18.4. The molecule has 134 valence electrons. The Labute approximate surface area is 153 Å². The predicted molar refractivity (Wildman–Crippen MR) is 104 cm³/mol. The van der Waals surface area contributed by atoms with E-state index in [4.69, 9.17) is 0 Å². The maximum absolute atomic E-state index is 12.7. The molecule has 0 fully saturated rings. The van der Waals surface area contributed by atoms with E-state index in [1.165, 1.54) is 0 Å². The van der Waals surface area contributed by atoms with Crippen LogP contribution in [0.2, 0.25) is 0 Å². The molecule has 2 heterocycles. The Balaban J connectivity index is 1.86. The van der Waals surface area contributed by atoms with E-state index in [-0.39, 0.29) is 5.91 Å². The van der Waals surface area contributed by atoms with Gasteiger partial charge in [-0.15, -0.1) is 0 Å². The minimum atomic E-state index is -0.0600. The van der Waals surface area contributed by atoms with Crippen LogP contribution in [-0.2, 0) is 0 Å². The van der Waals surface area contributed by atoms with Gasteiger partial charge in [-0.25, -0.2) is 9.97 Å². The number of fused-ring (bicyclic) bond motifs is 1. The second kappa shape index (κ2) is 8.38. The average molecular weight is 349 g/mol. The van der Waals surface area contributed by atoms with Gasteiger partial charge >= 0.3 is 0 Å². The van der Waals surface area contributed by atoms with Crippen LogP contribution in [0.25, 0.3) is 10.9 Å². The number of hydrogen-bond acceptors (Lipinski definition) is 5. The summed E-state index contributed by atoms with van der Waals surface area (Å²) in [5.41, 5.74) is 2.05.